The molecule has 36 heavy (non-hydrogen) atoms. The zero-order valence-corrected chi connectivity index (χ0v) is 20.8. The summed E-state index contributed by atoms with van der Waals surface area (Å²) in [7, 11) is 1.30. The summed E-state index contributed by atoms with van der Waals surface area (Å²) < 4.78 is 4.91. The maximum atomic E-state index is 13.6. The number of aromatic amines is 1. The van der Waals surface area contributed by atoms with Gasteiger partial charge in [-0.2, -0.15) is 0 Å². The van der Waals surface area contributed by atoms with Gasteiger partial charge in [0.15, 0.2) is 11.5 Å². The van der Waals surface area contributed by atoms with Crippen LogP contribution in [-0.2, 0) is 16.1 Å². The van der Waals surface area contributed by atoms with Crippen LogP contribution in [-0.4, -0.2) is 68.3 Å². The van der Waals surface area contributed by atoms with Crippen molar-refractivity contribution in [2.45, 2.75) is 51.2 Å². The van der Waals surface area contributed by atoms with Crippen LogP contribution in [0.2, 0.25) is 0 Å². The minimum atomic E-state index is -1.42. The summed E-state index contributed by atoms with van der Waals surface area (Å²) in [6.45, 7) is 3.56. The van der Waals surface area contributed by atoms with Gasteiger partial charge in [-0.15, -0.1) is 5.10 Å². The van der Waals surface area contributed by atoms with Crippen LogP contribution in [0.25, 0.3) is 22.5 Å². The summed E-state index contributed by atoms with van der Waals surface area (Å²) in [4.78, 5) is 29.2. The normalized spacial score (nSPS) is 17.2. The molecule has 1 unspecified atom stereocenters. The lowest BCUT2D eigenvalue weighted by Gasteiger charge is -2.36. The van der Waals surface area contributed by atoms with Crippen molar-refractivity contribution in [3.05, 3.63) is 54.1 Å². The van der Waals surface area contributed by atoms with Crippen LogP contribution < -0.4 is 5.73 Å². The number of H-pyrrole nitrogens is 1. The molecule has 10 heteroatoms. The molecule has 2 heterocycles. The Balaban J connectivity index is 1.55. The van der Waals surface area contributed by atoms with Gasteiger partial charge < -0.3 is 9.64 Å². The molecule has 0 aliphatic carbocycles. The van der Waals surface area contributed by atoms with Crippen molar-refractivity contribution in [3.8, 4) is 22.5 Å². The fourth-order valence-electron chi connectivity index (χ4n) is 4.69. The lowest BCUT2D eigenvalue weighted by Crippen LogP contribution is -2.62. The molecule has 0 radical (unpaired) electrons. The molecule has 3 N–H and O–H groups in total. The van der Waals surface area contributed by atoms with Gasteiger partial charge in [-0.1, -0.05) is 68.3 Å². The molecule has 1 aliphatic rings. The third-order valence-corrected chi connectivity index (χ3v) is 6.66. The summed E-state index contributed by atoms with van der Waals surface area (Å²) in [6.07, 6.45) is 3.99. The first-order valence-electron chi connectivity index (χ1n) is 12.3. The van der Waals surface area contributed by atoms with Crippen molar-refractivity contribution in [1.82, 2.24) is 30.4 Å². The number of ether oxygens (including phenoxy) is 1. The molecule has 1 saturated heterocycles. The predicted octanol–water partition coefficient (Wildman–Crippen LogP) is 3.57. The van der Waals surface area contributed by atoms with Gasteiger partial charge in [0.2, 0.25) is 0 Å². The number of carbonyl (C=O) groups excluding carboxylic acids is 2. The third kappa shape index (κ3) is 5.23. The highest BCUT2D eigenvalue weighted by Gasteiger charge is 2.48. The number of hydrogen-bond donors (Lipinski definition) is 2. The number of methoxy groups -OCH3 is 1. The Morgan fingerprint density at radius 3 is 2.56 bits per heavy atom. The van der Waals surface area contributed by atoms with Gasteiger partial charge in [0.05, 0.1) is 7.11 Å². The molecule has 1 aliphatic heterocycles. The molecular formula is C26H33N7O3. The Morgan fingerprint density at radius 2 is 1.89 bits per heavy atom. The summed E-state index contributed by atoms with van der Waals surface area (Å²) in [5.74, 6) is 0.0238. The highest BCUT2D eigenvalue weighted by atomic mass is 16.5. The zero-order chi connectivity index (χ0) is 25.5. The summed E-state index contributed by atoms with van der Waals surface area (Å²) in [6, 6.07) is 15.8. The number of esters is 1. The van der Waals surface area contributed by atoms with E-state index in [1.54, 1.807) is 4.90 Å². The first kappa shape index (κ1) is 25.3. The van der Waals surface area contributed by atoms with Gasteiger partial charge in [-0.3, -0.25) is 10.6 Å². The van der Waals surface area contributed by atoms with E-state index in [4.69, 9.17) is 10.5 Å². The van der Waals surface area contributed by atoms with Crippen LogP contribution in [0.1, 0.15) is 44.6 Å². The van der Waals surface area contributed by atoms with E-state index in [1.165, 1.54) is 12.0 Å². The number of benzene rings is 2. The number of rotatable bonds is 9. The number of nitrogens with two attached hydrogens (primary N) is 1. The lowest BCUT2D eigenvalue weighted by molar-refractivity contribution is -0.152. The van der Waals surface area contributed by atoms with Crippen LogP contribution in [0.3, 0.4) is 0 Å². The Labute approximate surface area is 210 Å². The Hall–Kier alpha value is -3.79. The van der Waals surface area contributed by atoms with Crippen LogP contribution in [0.15, 0.2) is 48.5 Å². The minimum Gasteiger partial charge on any atom is -0.466 e. The molecule has 3 aromatic rings. The van der Waals surface area contributed by atoms with Crippen molar-refractivity contribution in [2.24, 2.45) is 5.73 Å². The molecule has 2 aromatic carbocycles. The Kier molecular flexibility index (Phi) is 7.94. The van der Waals surface area contributed by atoms with Crippen molar-refractivity contribution >= 4 is 12.0 Å². The summed E-state index contributed by atoms with van der Waals surface area (Å²) in [5, 5.41) is 14.2. The van der Waals surface area contributed by atoms with E-state index in [0.29, 0.717) is 38.3 Å². The van der Waals surface area contributed by atoms with Crippen LogP contribution >= 0.6 is 0 Å². The van der Waals surface area contributed by atoms with Crippen LogP contribution in [0, 0.1) is 0 Å². The van der Waals surface area contributed by atoms with E-state index < -0.39 is 11.6 Å². The second-order valence-electron chi connectivity index (χ2n) is 9.07. The molecule has 1 fully saturated rings. The monoisotopic (exact) mass is 491 g/mol. The van der Waals surface area contributed by atoms with E-state index in [2.05, 4.69) is 27.5 Å². The maximum Gasteiger partial charge on any atom is 0.346 e. The molecule has 4 rings (SSSR count). The largest absolute Gasteiger partial charge is 0.466 e. The van der Waals surface area contributed by atoms with Crippen LogP contribution in [0.4, 0.5) is 4.79 Å². The smallest absolute Gasteiger partial charge is 0.346 e. The maximum absolute atomic E-state index is 13.6. The molecule has 0 saturated carbocycles. The molecule has 0 spiro atoms. The number of unbranched alkanes of at least 4 members (excludes halogenated alkanes) is 2. The number of aromatic nitrogens is 4. The molecule has 1 aromatic heterocycles. The predicted molar refractivity (Wildman–Crippen MR) is 135 cm³/mol. The fourth-order valence-corrected chi connectivity index (χ4v) is 4.69. The summed E-state index contributed by atoms with van der Waals surface area (Å²) in [5.41, 5.74) is 8.86. The van der Waals surface area contributed by atoms with Crippen molar-refractivity contribution in [1.29, 1.82) is 0 Å². The van der Waals surface area contributed by atoms with E-state index in [1.807, 2.05) is 48.5 Å². The number of amides is 2. The number of nitrogens with one attached hydrogen (secondary N) is 1. The van der Waals surface area contributed by atoms with Crippen LogP contribution in [0.5, 0.6) is 0 Å². The topological polar surface area (TPSA) is 130 Å². The van der Waals surface area contributed by atoms with Gasteiger partial charge in [0.1, 0.15) is 0 Å². The number of tetrazole rings is 1. The van der Waals surface area contributed by atoms with E-state index >= 15 is 0 Å². The molecule has 2 amide bonds. The summed E-state index contributed by atoms with van der Waals surface area (Å²) >= 11 is 0. The molecule has 10 nitrogen and oxygen atoms in total. The number of likely N-dealkylation sites (tertiary alicyclic amines) is 1. The Bertz CT molecular complexity index is 1170. The first-order chi connectivity index (χ1) is 17.5. The average molecular weight is 492 g/mol. The standard InChI is InChI=1S/C26H33N7O3/c1-3-4-7-16-32(25(35)33-17-8-15-26(33,27)24(34)36-2)18-19-11-13-20(14-12-19)21-9-5-6-10-22(21)23-28-30-31-29-23/h5-6,9-14H,3-4,7-8,15-18,27H2,1-2H3,(H,28,29,30,31). The van der Waals surface area contributed by atoms with Crippen molar-refractivity contribution in [3.63, 3.8) is 0 Å². The number of urea groups is 1. The number of carbonyl (C=O) groups is 2. The van der Waals surface area contributed by atoms with E-state index in [9.17, 15) is 9.59 Å². The SMILES string of the molecule is CCCCCN(Cc1ccc(-c2ccccc2-c2nnn[nH]2)cc1)C(=O)N1CCCC1(N)C(=O)OC. The van der Waals surface area contributed by atoms with Gasteiger partial charge in [-0.25, -0.2) is 14.7 Å². The van der Waals surface area contributed by atoms with Gasteiger partial charge in [0.25, 0.3) is 0 Å². The van der Waals surface area contributed by atoms with Gasteiger partial charge in [0, 0.05) is 25.2 Å². The average Bonchev–Trinajstić information content (AvgIpc) is 3.58. The van der Waals surface area contributed by atoms with E-state index in [0.717, 1.165) is 41.5 Å². The van der Waals surface area contributed by atoms with Gasteiger partial charge >= 0.3 is 12.0 Å². The van der Waals surface area contributed by atoms with Gasteiger partial charge in [-0.05, 0) is 46.4 Å². The molecule has 1 atom stereocenters. The first-order valence-corrected chi connectivity index (χ1v) is 12.3. The second-order valence-corrected chi connectivity index (χ2v) is 9.07. The zero-order valence-electron chi connectivity index (χ0n) is 20.8. The number of nitrogens with zero attached hydrogens (tertiary/aromatic N) is 5. The molecular weight excluding hydrogens is 458 g/mol. The molecule has 0 bridgehead atoms. The third-order valence-electron chi connectivity index (χ3n) is 6.66. The van der Waals surface area contributed by atoms with Crippen molar-refractivity contribution < 1.29 is 14.3 Å². The Morgan fingerprint density at radius 1 is 1.14 bits per heavy atom. The van der Waals surface area contributed by atoms with E-state index in [-0.39, 0.29) is 6.03 Å². The highest BCUT2D eigenvalue weighted by Crippen LogP contribution is 2.31. The molecule has 190 valence electrons. The lowest BCUT2D eigenvalue weighted by atomic mass is 9.98. The van der Waals surface area contributed by atoms with Crippen molar-refractivity contribution in [2.75, 3.05) is 20.2 Å². The minimum absolute atomic E-state index is 0.233. The quantitative estimate of drug-likeness (QED) is 0.346. The highest BCUT2D eigenvalue weighted by molar-refractivity contribution is 5.87. The second kappa shape index (κ2) is 11.3. The fraction of sp³-hybridized carbons (Fsp3) is 0.423. The number of hydrogen-bond acceptors (Lipinski definition) is 7.